The molecule has 0 spiro atoms. The number of nitrogens with zero attached hydrogens (tertiary/aromatic N) is 2. The van der Waals surface area contributed by atoms with Gasteiger partial charge in [-0.15, -0.1) is 0 Å². The van der Waals surface area contributed by atoms with Crippen molar-refractivity contribution in [1.29, 1.82) is 0 Å². The smallest absolute Gasteiger partial charge is 0.264 e. The van der Waals surface area contributed by atoms with Crippen molar-refractivity contribution in [3.8, 4) is 5.75 Å². The summed E-state index contributed by atoms with van der Waals surface area (Å²) in [7, 11) is -4.26. The molecule has 2 aliphatic heterocycles. The first-order valence-electron chi connectivity index (χ1n) is 10.8. The molecule has 5 rings (SSSR count). The van der Waals surface area contributed by atoms with E-state index in [0.717, 1.165) is 16.7 Å². The standard InChI is InChI=1S/C23H18ClFN4O6S/c1-11-26-16-3-2-4-17(20(16)23(32)29(11)18-5-6-19(30)27-22(18)31)28-36(33,34)14-8-12-7-13(25)9-15(24)21(12)35-10-14/h2-4,7-9,18H,5-6,10H2,1H3,(H2-,27,28,30,31,32,33,34). The van der Waals surface area contributed by atoms with Gasteiger partial charge in [0.15, 0.2) is 21.9 Å². The van der Waals surface area contributed by atoms with Crippen molar-refractivity contribution >= 4 is 56.5 Å². The van der Waals surface area contributed by atoms with Crippen LogP contribution in [0.2, 0.25) is 5.02 Å². The molecule has 2 unspecified atom stereocenters. The maximum absolute atomic E-state index is 13.8. The summed E-state index contributed by atoms with van der Waals surface area (Å²) in [6, 6.07) is 5.65. The van der Waals surface area contributed by atoms with Gasteiger partial charge < -0.3 is 9.29 Å². The zero-order valence-corrected chi connectivity index (χ0v) is 20.2. The largest absolute Gasteiger partial charge is 0.588 e. The van der Waals surface area contributed by atoms with Crippen molar-refractivity contribution in [1.82, 2.24) is 14.9 Å². The van der Waals surface area contributed by atoms with Crippen LogP contribution in [0.4, 0.5) is 10.1 Å². The molecule has 3 heterocycles. The molecule has 0 radical (unpaired) electrons. The van der Waals surface area contributed by atoms with E-state index in [1.807, 2.05) is 0 Å². The van der Waals surface area contributed by atoms with Crippen LogP contribution in [0.5, 0.6) is 5.75 Å². The fraction of sp³-hybridized carbons (Fsp3) is 0.217. The van der Waals surface area contributed by atoms with Crippen LogP contribution in [-0.2, 0) is 24.2 Å². The molecule has 186 valence electrons. The summed E-state index contributed by atoms with van der Waals surface area (Å²) in [5, 5.41) is 2.16. The van der Waals surface area contributed by atoms with Crippen LogP contribution in [0.3, 0.4) is 0 Å². The summed E-state index contributed by atoms with van der Waals surface area (Å²) in [4.78, 5) is 41.7. The highest BCUT2D eigenvalue weighted by molar-refractivity contribution is 8.02. The van der Waals surface area contributed by atoms with Gasteiger partial charge in [0, 0.05) is 18.1 Å². The van der Waals surface area contributed by atoms with Crippen LogP contribution in [0.25, 0.3) is 17.0 Å². The molecule has 36 heavy (non-hydrogen) atoms. The number of imide groups is 1. The SMILES string of the molecule is Cc1nc2cccc(N[S+](=O)([O-])C3=Cc4cc(F)cc(Cl)c4OC3)c2c(=O)n1C1CCC(=O)NC1=O. The van der Waals surface area contributed by atoms with Crippen LogP contribution in [0.15, 0.2) is 40.0 Å². The van der Waals surface area contributed by atoms with E-state index in [2.05, 4.69) is 15.0 Å². The topological polar surface area (TPSA) is 142 Å². The van der Waals surface area contributed by atoms with Crippen molar-refractivity contribution < 1.29 is 27.5 Å². The fourth-order valence-corrected chi connectivity index (χ4v) is 5.65. The molecule has 0 saturated carbocycles. The van der Waals surface area contributed by atoms with E-state index < -0.39 is 39.6 Å². The van der Waals surface area contributed by atoms with E-state index in [-0.39, 0.29) is 63.1 Å². The molecular formula is C23H18ClFN4O6S. The van der Waals surface area contributed by atoms with E-state index in [9.17, 15) is 27.5 Å². The van der Waals surface area contributed by atoms with Crippen LogP contribution in [0.1, 0.15) is 30.3 Å². The summed E-state index contributed by atoms with van der Waals surface area (Å²) < 4.78 is 49.2. The zero-order valence-electron chi connectivity index (χ0n) is 18.7. The lowest BCUT2D eigenvalue weighted by Crippen LogP contribution is -2.45. The predicted octanol–water partition coefficient (Wildman–Crippen LogP) is 2.87. The predicted molar refractivity (Wildman–Crippen MR) is 129 cm³/mol. The number of halogens is 2. The van der Waals surface area contributed by atoms with Gasteiger partial charge in [-0.3, -0.25) is 24.3 Å². The number of anilines is 1. The average Bonchev–Trinajstić information content (AvgIpc) is 2.79. The highest BCUT2D eigenvalue weighted by Crippen LogP contribution is 2.37. The number of ether oxygens (including phenoxy) is 1. The lowest BCUT2D eigenvalue weighted by atomic mass is 10.1. The fourth-order valence-electron chi connectivity index (χ4n) is 4.30. The number of fused-ring (bicyclic) bond motifs is 2. The Hall–Kier alpha value is -3.61. The van der Waals surface area contributed by atoms with Crippen LogP contribution in [0, 0.1) is 12.7 Å². The highest BCUT2D eigenvalue weighted by Gasteiger charge is 2.33. The quantitative estimate of drug-likeness (QED) is 0.388. The minimum Gasteiger partial charge on any atom is -0.588 e. The van der Waals surface area contributed by atoms with Gasteiger partial charge in [0.2, 0.25) is 11.8 Å². The van der Waals surface area contributed by atoms with E-state index in [1.165, 1.54) is 18.2 Å². The lowest BCUT2D eigenvalue weighted by molar-refractivity contribution is -0.135. The third-order valence-corrected chi connectivity index (χ3v) is 7.63. The molecule has 1 saturated heterocycles. The molecule has 0 aliphatic carbocycles. The second-order valence-corrected chi connectivity index (χ2v) is 10.5. The van der Waals surface area contributed by atoms with Crippen LogP contribution >= 0.6 is 11.6 Å². The van der Waals surface area contributed by atoms with Gasteiger partial charge in [-0.25, -0.2) is 14.1 Å². The van der Waals surface area contributed by atoms with Gasteiger partial charge in [-0.05, 0) is 37.6 Å². The number of aryl methyl sites for hydroxylation is 1. The number of hydrogen-bond acceptors (Lipinski definition) is 7. The monoisotopic (exact) mass is 532 g/mol. The maximum Gasteiger partial charge on any atom is 0.264 e. The molecule has 2 atom stereocenters. The summed E-state index contributed by atoms with van der Waals surface area (Å²) in [6.45, 7) is 1.18. The molecule has 2 amide bonds. The molecule has 2 aromatic carbocycles. The first-order chi connectivity index (χ1) is 17.0. The average molecular weight is 533 g/mol. The Morgan fingerprint density at radius 1 is 1.31 bits per heavy atom. The van der Waals surface area contributed by atoms with Gasteiger partial charge in [-0.1, -0.05) is 21.9 Å². The van der Waals surface area contributed by atoms with Gasteiger partial charge in [0.1, 0.15) is 23.4 Å². The molecule has 1 aromatic heterocycles. The Morgan fingerprint density at radius 2 is 2.08 bits per heavy atom. The van der Waals surface area contributed by atoms with Gasteiger partial charge in [0.05, 0.1) is 21.6 Å². The molecule has 2 N–H and O–H groups in total. The number of rotatable bonds is 4. The number of benzene rings is 2. The Morgan fingerprint density at radius 3 is 2.83 bits per heavy atom. The Bertz CT molecular complexity index is 1600. The van der Waals surface area contributed by atoms with E-state index >= 15 is 0 Å². The summed E-state index contributed by atoms with van der Waals surface area (Å²) >= 11 is 5.98. The molecule has 10 nitrogen and oxygen atoms in total. The zero-order chi connectivity index (χ0) is 25.8. The Balaban J connectivity index is 1.57. The highest BCUT2D eigenvalue weighted by atomic mass is 35.5. The molecule has 2 aliphatic rings. The van der Waals surface area contributed by atoms with E-state index in [1.54, 1.807) is 13.0 Å². The minimum absolute atomic E-state index is 0.00940. The molecule has 3 aromatic rings. The number of sulfonamides is 1. The normalized spacial score (nSPS) is 19.1. The summed E-state index contributed by atoms with van der Waals surface area (Å²) in [5.74, 6) is -1.33. The van der Waals surface area contributed by atoms with Gasteiger partial charge in [-0.2, -0.15) is 0 Å². The molecular weight excluding hydrogens is 515 g/mol. The number of amides is 2. The minimum atomic E-state index is -4.26. The molecule has 13 heteroatoms. The number of piperidine rings is 1. The first kappa shape index (κ1) is 24.1. The van der Waals surface area contributed by atoms with Crippen molar-refractivity contribution in [3.05, 3.63) is 67.8 Å². The number of carbonyl (C=O) groups excluding carboxylic acids is 2. The van der Waals surface area contributed by atoms with E-state index in [4.69, 9.17) is 16.3 Å². The third-order valence-electron chi connectivity index (χ3n) is 5.93. The van der Waals surface area contributed by atoms with Gasteiger partial charge in [0.25, 0.3) is 5.56 Å². The van der Waals surface area contributed by atoms with Crippen molar-refractivity contribution in [2.75, 3.05) is 11.3 Å². The Kier molecular flexibility index (Phi) is 5.89. The number of aromatic nitrogens is 2. The maximum atomic E-state index is 13.8. The molecule has 0 bridgehead atoms. The van der Waals surface area contributed by atoms with Gasteiger partial charge >= 0.3 is 0 Å². The van der Waals surface area contributed by atoms with Crippen LogP contribution in [-0.4, -0.2) is 32.5 Å². The summed E-state index contributed by atoms with van der Waals surface area (Å²) in [5.41, 5.74) is -0.329. The number of carbonyl (C=O) groups is 2. The lowest BCUT2D eigenvalue weighted by Gasteiger charge is -2.25. The number of hydrogen-bond donors (Lipinski definition) is 2. The second-order valence-electron chi connectivity index (χ2n) is 8.31. The second kappa shape index (κ2) is 8.80. The third kappa shape index (κ3) is 4.16. The van der Waals surface area contributed by atoms with Crippen molar-refractivity contribution in [2.24, 2.45) is 0 Å². The first-order valence-corrected chi connectivity index (χ1v) is 12.6. The number of nitrogens with one attached hydrogen (secondary N) is 2. The molecule has 1 fully saturated rings. The van der Waals surface area contributed by atoms with Crippen LogP contribution < -0.4 is 20.3 Å². The van der Waals surface area contributed by atoms with Crippen molar-refractivity contribution in [3.63, 3.8) is 0 Å². The Labute approximate surface area is 209 Å². The summed E-state index contributed by atoms with van der Waals surface area (Å²) in [6.07, 6.45) is 1.40. The van der Waals surface area contributed by atoms with E-state index in [0.29, 0.717) is 0 Å². The van der Waals surface area contributed by atoms with Crippen molar-refractivity contribution in [2.45, 2.75) is 25.8 Å².